The highest BCUT2D eigenvalue weighted by Crippen LogP contribution is 2.30. The molecule has 2 rings (SSSR count). The van der Waals surface area contributed by atoms with Crippen molar-refractivity contribution >= 4 is 37.5 Å². The van der Waals surface area contributed by atoms with E-state index in [1.807, 2.05) is 24.3 Å². The number of hydrogen-bond donors (Lipinski definition) is 1. The number of benzene rings is 2. The molecule has 0 unspecified atom stereocenters. The van der Waals surface area contributed by atoms with Gasteiger partial charge in [-0.2, -0.15) is 0 Å². The minimum Gasteiger partial charge on any atom is -0.497 e. The third-order valence-corrected chi connectivity index (χ3v) is 4.75. The monoisotopic (exact) mass is 399 g/mol. The van der Waals surface area contributed by atoms with Crippen LogP contribution in [0.5, 0.6) is 11.5 Å². The Morgan fingerprint density at radius 3 is 2.40 bits per heavy atom. The maximum absolute atomic E-state index is 5.34. The summed E-state index contributed by atoms with van der Waals surface area (Å²) >= 11 is 6.97. The van der Waals surface area contributed by atoms with Crippen molar-refractivity contribution < 1.29 is 9.47 Å². The number of anilines is 1. The number of methoxy groups -OCH3 is 2. The molecule has 0 aromatic heterocycles. The highest BCUT2D eigenvalue weighted by Gasteiger charge is 2.05. The van der Waals surface area contributed by atoms with Gasteiger partial charge in [0.1, 0.15) is 11.5 Å². The summed E-state index contributed by atoms with van der Waals surface area (Å²) in [6.07, 6.45) is 0. The Hall–Kier alpha value is -1.20. The molecular formula is C15H15Br2NO2. The summed E-state index contributed by atoms with van der Waals surface area (Å²) in [4.78, 5) is 0. The fourth-order valence-electron chi connectivity index (χ4n) is 1.80. The van der Waals surface area contributed by atoms with Gasteiger partial charge in [-0.1, -0.05) is 6.07 Å². The quantitative estimate of drug-likeness (QED) is 0.778. The first-order chi connectivity index (χ1) is 9.63. The van der Waals surface area contributed by atoms with Gasteiger partial charge in [-0.05, 0) is 61.7 Å². The zero-order valence-corrected chi connectivity index (χ0v) is 14.4. The average Bonchev–Trinajstić information content (AvgIpc) is 2.48. The lowest BCUT2D eigenvalue weighted by Crippen LogP contribution is -2.02. The summed E-state index contributed by atoms with van der Waals surface area (Å²) in [5, 5.41) is 3.36. The van der Waals surface area contributed by atoms with Crippen LogP contribution in [0.2, 0.25) is 0 Å². The molecule has 2 aromatic carbocycles. The van der Waals surface area contributed by atoms with E-state index in [4.69, 9.17) is 9.47 Å². The van der Waals surface area contributed by atoms with Gasteiger partial charge in [-0.25, -0.2) is 0 Å². The highest BCUT2D eigenvalue weighted by atomic mass is 79.9. The summed E-state index contributed by atoms with van der Waals surface area (Å²) in [6.45, 7) is 0.704. The van der Waals surface area contributed by atoms with Crippen molar-refractivity contribution in [3.63, 3.8) is 0 Å². The molecular weight excluding hydrogens is 386 g/mol. The maximum atomic E-state index is 5.34. The third-order valence-electron chi connectivity index (χ3n) is 2.87. The van der Waals surface area contributed by atoms with Crippen LogP contribution in [-0.2, 0) is 6.54 Å². The zero-order chi connectivity index (χ0) is 14.5. The normalized spacial score (nSPS) is 10.2. The second-order valence-corrected chi connectivity index (χ2v) is 5.88. The van der Waals surface area contributed by atoms with Crippen LogP contribution in [0, 0.1) is 0 Å². The predicted molar refractivity (Wildman–Crippen MR) is 88.7 cm³/mol. The largest absolute Gasteiger partial charge is 0.497 e. The molecule has 3 nitrogen and oxygen atoms in total. The molecule has 0 aliphatic rings. The van der Waals surface area contributed by atoms with Crippen LogP contribution in [0.25, 0.3) is 0 Å². The molecule has 106 valence electrons. The number of halogens is 2. The van der Waals surface area contributed by atoms with Crippen molar-refractivity contribution in [2.75, 3.05) is 19.5 Å². The van der Waals surface area contributed by atoms with Gasteiger partial charge in [0.05, 0.1) is 19.9 Å². The summed E-state index contributed by atoms with van der Waals surface area (Å²) in [5.74, 6) is 1.59. The van der Waals surface area contributed by atoms with Crippen molar-refractivity contribution in [2.45, 2.75) is 6.54 Å². The second-order valence-electron chi connectivity index (χ2n) is 4.17. The van der Waals surface area contributed by atoms with E-state index >= 15 is 0 Å². The zero-order valence-electron chi connectivity index (χ0n) is 11.2. The van der Waals surface area contributed by atoms with E-state index in [-0.39, 0.29) is 0 Å². The number of rotatable bonds is 5. The van der Waals surface area contributed by atoms with Gasteiger partial charge in [0, 0.05) is 21.6 Å². The molecule has 0 fully saturated rings. The molecule has 0 aliphatic carbocycles. The Balaban J connectivity index is 2.15. The smallest absolute Gasteiger partial charge is 0.142 e. The Labute approximate surface area is 135 Å². The van der Waals surface area contributed by atoms with E-state index in [9.17, 15) is 0 Å². The van der Waals surface area contributed by atoms with E-state index < -0.39 is 0 Å². The van der Waals surface area contributed by atoms with E-state index in [0.717, 1.165) is 26.1 Å². The highest BCUT2D eigenvalue weighted by molar-refractivity contribution is 9.13. The van der Waals surface area contributed by atoms with Gasteiger partial charge in [-0.15, -0.1) is 0 Å². The number of nitrogens with one attached hydrogen (secondary N) is 1. The van der Waals surface area contributed by atoms with E-state index in [1.54, 1.807) is 14.2 Å². The van der Waals surface area contributed by atoms with Gasteiger partial charge in [0.2, 0.25) is 0 Å². The molecule has 0 saturated carbocycles. The minimum absolute atomic E-state index is 0.704. The van der Waals surface area contributed by atoms with Gasteiger partial charge >= 0.3 is 0 Å². The molecule has 0 radical (unpaired) electrons. The van der Waals surface area contributed by atoms with E-state index in [0.29, 0.717) is 6.54 Å². The molecule has 0 aliphatic heterocycles. The lowest BCUT2D eigenvalue weighted by Gasteiger charge is -2.13. The molecule has 5 heteroatoms. The number of ether oxygens (including phenoxy) is 2. The SMILES string of the molecule is COc1ccc(OC)c(NCc2ccc(Br)c(Br)c2)c1. The average molecular weight is 401 g/mol. The maximum Gasteiger partial charge on any atom is 0.142 e. The molecule has 0 heterocycles. The van der Waals surface area contributed by atoms with Crippen LogP contribution in [0.3, 0.4) is 0 Å². The van der Waals surface area contributed by atoms with Gasteiger partial charge in [0.15, 0.2) is 0 Å². The van der Waals surface area contributed by atoms with Crippen molar-refractivity contribution in [3.8, 4) is 11.5 Å². The Bertz CT molecular complexity index is 602. The summed E-state index contributed by atoms with van der Waals surface area (Å²) in [5.41, 5.74) is 2.08. The predicted octanol–water partition coefficient (Wildman–Crippen LogP) is 4.84. The van der Waals surface area contributed by atoms with Crippen molar-refractivity contribution in [1.82, 2.24) is 0 Å². The van der Waals surface area contributed by atoms with E-state index in [2.05, 4.69) is 49.3 Å². The van der Waals surface area contributed by atoms with Crippen molar-refractivity contribution in [2.24, 2.45) is 0 Å². The standard InChI is InChI=1S/C15H15Br2NO2/c1-19-11-4-6-15(20-2)14(8-11)18-9-10-3-5-12(16)13(17)7-10/h3-8,18H,9H2,1-2H3. The molecule has 0 bridgehead atoms. The lowest BCUT2D eigenvalue weighted by molar-refractivity contribution is 0.404. The first-order valence-electron chi connectivity index (χ1n) is 6.04. The van der Waals surface area contributed by atoms with Crippen LogP contribution in [-0.4, -0.2) is 14.2 Å². The molecule has 0 spiro atoms. The Morgan fingerprint density at radius 1 is 0.950 bits per heavy atom. The minimum atomic E-state index is 0.704. The van der Waals surface area contributed by atoms with Gasteiger partial charge in [-0.3, -0.25) is 0 Å². The summed E-state index contributed by atoms with van der Waals surface area (Å²) in [6, 6.07) is 11.8. The third kappa shape index (κ3) is 3.67. The van der Waals surface area contributed by atoms with Crippen LogP contribution in [0.1, 0.15) is 5.56 Å². The number of hydrogen-bond acceptors (Lipinski definition) is 3. The lowest BCUT2D eigenvalue weighted by atomic mass is 10.2. The van der Waals surface area contributed by atoms with Crippen LogP contribution >= 0.6 is 31.9 Å². The molecule has 20 heavy (non-hydrogen) atoms. The van der Waals surface area contributed by atoms with Gasteiger partial charge < -0.3 is 14.8 Å². The summed E-state index contributed by atoms with van der Waals surface area (Å²) < 4.78 is 12.7. The fraction of sp³-hybridized carbons (Fsp3) is 0.200. The van der Waals surface area contributed by atoms with E-state index in [1.165, 1.54) is 5.56 Å². The Morgan fingerprint density at radius 2 is 1.75 bits per heavy atom. The molecule has 2 aromatic rings. The first kappa shape index (κ1) is 15.2. The fourth-order valence-corrected chi connectivity index (χ4v) is 2.47. The van der Waals surface area contributed by atoms with Crippen molar-refractivity contribution in [1.29, 1.82) is 0 Å². The molecule has 0 amide bonds. The molecule has 0 atom stereocenters. The molecule has 1 N–H and O–H groups in total. The Kier molecular flexibility index (Phi) is 5.31. The van der Waals surface area contributed by atoms with Crippen LogP contribution in [0.15, 0.2) is 45.3 Å². The first-order valence-corrected chi connectivity index (χ1v) is 7.62. The van der Waals surface area contributed by atoms with Crippen LogP contribution < -0.4 is 14.8 Å². The van der Waals surface area contributed by atoms with Crippen molar-refractivity contribution in [3.05, 3.63) is 50.9 Å². The van der Waals surface area contributed by atoms with Crippen LogP contribution in [0.4, 0.5) is 5.69 Å². The summed E-state index contributed by atoms with van der Waals surface area (Å²) in [7, 11) is 3.31. The second kappa shape index (κ2) is 6.99. The van der Waals surface area contributed by atoms with Gasteiger partial charge in [0.25, 0.3) is 0 Å². The topological polar surface area (TPSA) is 30.5 Å². The molecule has 0 saturated heterocycles.